The van der Waals surface area contributed by atoms with E-state index >= 15 is 0 Å². The Morgan fingerprint density at radius 2 is 1.90 bits per heavy atom. The van der Waals surface area contributed by atoms with E-state index in [2.05, 4.69) is 15.5 Å². The molecule has 20 heavy (non-hydrogen) atoms. The number of benzene rings is 1. The number of nitrogens with two attached hydrogens (primary N) is 1. The maximum absolute atomic E-state index is 5.86. The van der Waals surface area contributed by atoms with Crippen LogP contribution < -0.4 is 11.1 Å². The number of aryl methyl sites for hydroxylation is 1. The third-order valence-corrected chi connectivity index (χ3v) is 3.53. The standard InChI is InChI=1S/C14H15ClN4S/c1-8-9(2)18-19-14(12(8)13(16)20)17-7-10-3-5-11(15)6-4-10/h3-6H,7H2,1-2H3,(H2,16,20)(H,17,19). The Balaban J connectivity index is 2.23. The van der Waals surface area contributed by atoms with Gasteiger partial charge in [0.05, 0.1) is 11.3 Å². The molecular formula is C14H15ClN4S. The molecule has 0 amide bonds. The van der Waals surface area contributed by atoms with Crippen LogP contribution in [0.2, 0.25) is 5.02 Å². The number of aromatic nitrogens is 2. The van der Waals surface area contributed by atoms with Gasteiger partial charge in [0.1, 0.15) is 4.99 Å². The third kappa shape index (κ3) is 3.23. The molecule has 0 saturated carbocycles. The molecule has 0 bridgehead atoms. The van der Waals surface area contributed by atoms with Gasteiger partial charge < -0.3 is 11.1 Å². The van der Waals surface area contributed by atoms with E-state index in [4.69, 9.17) is 29.6 Å². The second kappa shape index (κ2) is 6.15. The van der Waals surface area contributed by atoms with E-state index in [0.717, 1.165) is 22.4 Å². The smallest absolute Gasteiger partial charge is 0.159 e. The molecule has 1 aromatic heterocycles. The molecule has 1 aromatic carbocycles. The van der Waals surface area contributed by atoms with Gasteiger partial charge in [-0.15, -0.1) is 5.10 Å². The zero-order chi connectivity index (χ0) is 14.7. The lowest BCUT2D eigenvalue weighted by Crippen LogP contribution is -2.18. The first-order valence-corrected chi connectivity index (χ1v) is 6.89. The van der Waals surface area contributed by atoms with E-state index in [1.165, 1.54) is 0 Å². The number of anilines is 1. The molecule has 0 saturated heterocycles. The second-order valence-corrected chi connectivity index (χ2v) is 5.35. The molecular weight excluding hydrogens is 292 g/mol. The van der Waals surface area contributed by atoms with Gasteiger partial charge >= 0.3 is 0 Å². The Kier molecular flexibility index (Phi) is 4.52. The van der Waals surface area contributed by atoms with Crippen LogP contribution in [0.3, 0.4) is 0 Å². The fraction of sp³-hybridized carbons (Fsp3) is 0.214. The van der Waals surface area contributed by atoms with Gasteiger partial charge in [0.2, 0.25) is 0 Å². The molecule has 3 N–H and O–H groups in total. The van der Waals surface area contributed by atoms with Crippen LogP contribution in [0.15, 0.2) is 24.3 Å². The fourth-order valence-electron chi connectivity index (χ4n) is 1.82. The Morgan fingerprint density at radius 3 is 2.50 bits per heavy atom. The molecule has 0 fully saturated rings. The Bertz CT molecular complexity index is 640. The van der Waals surface area contributed by atoms with Crippen molar-refractivity contribution in [3.8, 4) is 0 Å². The summed E-state index contributed by atoms with van der Waals surface area (Å²) in [6.45, 7) is 4.42. The Morgan fingerprint density at radius 1 is 1.25 bits per heavy atom. The summed E-state index contributed by atoms with van der Waals surface area (Å²) in [4.78, 5) is 0.319. The summed E-state index contributed by atoms with van der Waals surface area (Å²) in [6, 6.07) is 7.59. The quantitative estimate of drug-likeness (QED) is 0.850. The van der Waals surface area contributed by atoms with E-state index < -0.39 is 0 Å². The number of hydrogen-bond donors (Lipinski definition) is 2. The zero-order valence-corrected chi connectivity index (χ0v) is 12.8. The summed E-state index contributed by atoms with van der Waals surface area (Å²) in [5.41, 5.74) is 9.39. The van der Waals surface area contributed by atoms with Crippen molar-refractivity contribution in [3.05, 3.63) is 51.7 Å². The van der Waals surface area contributed by atoms with Crippen LogP contribution in [0.4, 0.5) is 5.82 Å². The van der Waals surface area contributed by atoms with Gasteiger partial charge in [-0.3, -0.25) is 0 Å². The molecule has 104 valence electrons. The maximum Gasteiger partial charge on any atom is 0.159 e. The fourth-order valence-corrected chi connectivity index (χ4v) is 2.20. The lowest BCUT2D eigenvalue weighted by Gasteiger charge is -2.13. The molecule has 0 aliphatic carbocycles. The van der Waals surface area contributed by atoms with Gasteiger partial charge in [0.15, 0.2) is 5.82 Å². The minimum atomic E-state index is 0.319. The summed E-state index contributed by atoms with van der Waals surface area (Å²) < 4.78 is 0. The van der Waals surface area contributed by atoms with Crippen molar-refractivity contribution < 1.29 is 0 Å². The normalized spacial score (nSPS) is 10.3. The van der Waals surface area contributed by atoms with Crippen LogP contribution in [0, 0.1) is 13.8 Å². The van der Waals surface area contributed by atoms with E-state index in [-0.39, 0.29) is 0 Å². The van der Waals surface area contributed by atoms with Crippen LogP contribution in [-0.2, 0) is 6.54 Å². The highest BCUT2D eigenvalue weighted by molar-refractivity contribution is 7.80. The molecule has 2 rings (SSSR count). The zero-order valence-electron chi connectivity index (χ0n) is 11.3. The van der Waals surface area contributed by atoms with Crippen LogP contribution in [0.1, 0.15) is 22.4 Å². The average Bonchev–Trinajstić information content (AvgIpc) is 2.41. The number of hydrogen-bond acceptors (Lipinski definition) is 4. The van der Waals surface area contributed by atoms with E-state index in [1.807, 2.05) is 38.1 Å². The first kappa shape index (κ1) is 14.7. The molecule has 0 atom stereocenters. The van der Waals surface area contributed by atoms with Gasteiger partial charge in [-0.25, -0.2) is 0 Å². The molecule has 0 unspecified atom stereocenters. The van der Waals surface area contributed by atoms with Crippen LogP contribution in [-0.4, -0.2) is 15.2 Å². The van der Waals surface area contributed by atoms with Gasteiger partial charge in [-0.05, 0) is 37.1 Å². The molecule has 1 heterocycles. The van der Waals surface area contributed by atoms with E-state index in [0.29, 0.717) is 22.4 Å². The van der Waals surface area contributed by atoms with E-state index in [1.54, 1.807) is 0 Å². The highest BCUT2D eigenvalue weighted by Crippen LogP contribution is 2.19. The van der Waals surface area contributed by atoms with Crippen molar-refractivity contribution >= 4 is 34.6 Å². The van der Waals surface area contributed by atoms with Gasteiger partial charge in [-0.1, -0.05) is 36.0 Å². The first-order chi connectivity index (χ1) is 9.49. The van der Waals surface area contributed by atoms with Crippen molar-refractivity contribution in [2.75, 3.05) is 5.32 Å². The summed E-state index contributed by atoms with van der Waals surface area (Å²) in [6.07, 6.45) is 0. The van der Waals surface area contributed by atoms with Crippen molar-refractivity contribution in [2.45, 2.75) is 20.4 Å². The van der Waals surface area contributed by atoms with Gasteiger partial charge in [0.25, 0.3) is 0 Å². The van der Waals surface area contributed by atoms with Gasteiger partial charge in [0, 0.05) is 11.6 Å². The minimum Gasteiger partial charge on any atom is -0.389 e. The van der Waals surface area contributed by atoms with Crippen molar-refractivity contribution in [1.82, 2.24) is 10.2 Å². The molecule has 0 spiro atoms. The van der Waals surface area contributed by atoms with Crippen molar-refractivity contribution in [2.24, 2.45) is 5.73 Å². The molecule has 2 aromatic rings. The molecule has 4 nitrogen and oxygen atoms in total. The molecule has 0 radical (unpaired) electrons. The first-order valence-electron chi connectivity index (χ1n) is 6.11. The molecule has 6 heteroatoms. The molecule has 0 aliphatic rings. The predicted molar refractivity (Wildman–Crippen MR) is 86.2 cm³/mol. The monoisotopic (exact) mass is 306 g/mol. The van der Waals surface area contributed by atoms with E-state index in [9.17, 15) is 0 Å². The minimum absolute atomic E-state index is 0.319. The maximum atomic E-state index is 5.86. The lowest BCUT2D eigenvalue weighted by atomic mass is 10.1. The summed E-state index contributed by atoms with van der Waals surface area (Å²) in [5, 5.41) is 12.2. The molecule has 0 aliphatic heterocycles. The Labute approximate surface area is 128 Å². The summed E-state index contributed by atoms with van der Waals surface area (Å²) >= 11 is 11.0. The predicted octanol–water partition coefficient (Wildman–Crippen LogP) is 2.99. The topological polar surface area (TPSA) is 63.8 Å². The number of nitrogens with one attached hydrogen (secondary N) is 1. The SMILES string of the molecule is Cc1nnc(NCc2ccc(Cl)cc2)c(C(N)=S)c1C. The largest absolute Gasteiger partial charge is 0.389 e. The average molecular weight is 307 g/mol. The highest BCUT2D eigenvalue weighted by atomic mass is 35.5. The number of nitrogens with zero attached hydrogens (tertiary/aromatic N) is 2. The van der Waals surface area contributed by atoms with Crippen molar-refractivity contribution in [1.29, 1.82) is 0 Å². The highest BCUT2D eigenvalue weighted by Gasteiger charge is 2.13. The number of rotatable bonds is 4. The third-order valence-electron chi connectivity index (χ3n) is 3.07. The van der Waals surface area contributed by atoms with Crippen LogP contribution in [0.25, 0.3) is 0 Å². The number of halogens is 1. The Hall–Kier alpha value is -1.72. The van der Waals surface area contributed by atoms with Crippen molar-refractivity contribution in [3.63, 3.8) is 0 Å². The lowest BCUT2D eigenvalue weighted by molar-refractivity contribution is 0.943. The number of thiocarbonyl (C=S) groups is 1. The second-order valence-electron chi connectivity index (χ2n) is 4.48. The van der Waals surface area contributed by atoms with Crippen LogP contribution in [0.5, 0.6) is 0 Å². The van der Waals surface area contributed by atoms with Crippen LogP contribution >= 0.6 is 23.8 Å². The van der Waals surface area contributed by atoms with Gasteiger partial charge in [-0.2, -0.15) is 5.10 Å². The summed E-state index contributed by atoms with van der Waals surface area (Å²) in [5.74, 6) is 0.607. The summed E-state index contributed by atoms with van der Waals surface area (Å²) in [7, 11) is 0.